The van der Waals surface area contributed by atoms with Crippen molar-refractivity contribution in [2.45, 2.75) is 57.9 Å². The number of benzene rings is 1. The Morgan fingerprint density at radius 2 is 1.92 bits per heavy atom. The minimum absolute atomic E-state index is 0.0380. The van der Waals surface area contributed by atoms with Gasteiger partial charge in [-0.1, -0.05) is 6.42 Å². The molecule has 24 heavy (non-hydrogen) atoms. The number of halogens is 1. The monoisotopic (exact) mass is 331 g/mol. The molecule has 4 atom stereocenters. The number of fused-ring (bicyclic) bond motifs is 2. The fraction of sp³-hybridized carbons (Fsp3) is 0.600. The van der Waals surface area contributed by atoms with Crippen LogP contribution >= 0.6 is 0 Å². The van der Waals surface area contributed by atoms with E-state index in [9.17, 15) is 14.0 Å². The lowest BCUT2D eigenvalue weighted by molar-refractivity contribution is -0.122. The molecule has 1 N–H and O–H groups in total. The van der Waals surface area contributed by atoms with Gasteiger partial charge in [-0.25, -0.2) is 4.39 Å². The number of hydrogen-bond donors (Lipinski definition) is 1. The van der Waals surface area contributed by atoms with E-state index >= 15 is 0 Å². The Kier molecular flexibility index (Phi) is 5.32. The normalized spacial score (nSPS) is 26.3. The molecule has 0 heterocycles. The molecule has 0 saturated heterocycles. The fourth-order valence-corrected chi connectivity index (χ4v) is 4.53. The highest BCUT2D eigenvalue weighted by molar-refractivity contribution is 5.96. The van der Waals surface area contributed by atoms with Gasteiger partial charge in [-0.15, -0.1) is 0 Å². The summed E-state index contributed by atoms with van der Waals surface area (Å²) in [6.45, 7) is 2.12. The van der Waals surface area contributed by atoms with Gasteiger partial charge in [0.2, 0.25) is 5.91 Å². The van der Waals surface area contributed by atoms with E-state index in [1.807, 2.05) is 0 Å². The van der Waals surface area contributed by atoms with Crippen molar-refractivity contribution in [3.05, 3.63) is 35.6 Å². The smallest absolute Gasteiger partial charge is 0.220 e. The Balaban J connectivity index is 1.38. The first-order valence-corrected chi connectivity index (χ1v) is 9.11. The summed E-state index contributed by atoms with van der Waals surface area (Å²) in [4.78, 5) is 24.1. The third kappa shape index (κ3) is 4.03. The van der Waals surface area contributed by atoms with E-state index < -0.39 is 0 Å². The molecule has 4 heteroatoms. The number of rotatable bonds is 7. The summed E-state index contributed by atoms with van der Waals surface area (Å²) in [6.07, 6.45) is 6.52. The molecule has 130 valence electrons. The number of nitrogens with one attached hydrogen (secondary N) is 1. The van der Waals surface area contributed by atoms with Crippen LogP contribution in [0.5, 0.6) is 0 Å². The zero-order valence-corrected chi connectivity index (χ0v) is 14.3. The third-order valence-electron chi connectivity index (χ3n) is 5.80. The van der Waals surface area contributed by atoms with Crippen LogP contribution in [0.1, 0.15) is 62.2 Å². The maximum absolute atomic E-state index is 12.8. The Morgan fingerprint density at radius 3 is 2.54 bits per heavy atom. The molecule has 0 aromatic heterocycles. The lowest BCUT2D eigenvalue weighted by Gasteiger charge is -2.28. The standard InChI is InChI=1S/C20H26FNO2/c1-13(18-12-14-5-6-16(18)11-14)22-20(24)4-2-3-19(23)15-7-9-17(21)10-8-15/h7-10,13-14,16,18H,2-6,11-12H2,1H3,(H,22,24). The lowest BCUT2D eigenvalue weighted by Crippen LogP contribution is -2.40. The average Bonchev–Trinajstić information content (AvgIpc) is 3.18. The van der Waals surface area contributed by atoms with E-state index in [0.717, 1.165) is 11.8 Å². The van der Waals surface area contributed by atoms with Crippen molar-refractivity contribution in [1.29, 1.82) is 0 Å². The zero-order chi connectivity index (χ0) is 17.1. The molecular formula is C20H26FNO2. The van der Waals surface area contributed by atoms with E-state index in [4.69, 9.17) is 0 Å². The number of ketones is 1. The molecule has 0 radical (unpaired) electrons. The highest BCUT2D eigenvalue weighted by atomic mass is 19.1. The van der Waals surface area contributed by atoms with Crippen molar-refractivity contribution in [1.82, 2.24) is 5.32 Å². The van der Waals surface area contributed by atoms with Gasteiger partial charge in [-0.3, -0.25) is 9.59 Å². The second-order valence-electron chi connectivity index (χ2n) is 7.48. The van der Waals surface area contributed by atoms with Crippen molar-refractivity contribution in [3.8, 4) is 0 Å². The summed E-state index contributed by atoms with van der Waals surface area (Å²) in [5.41, 5.74) is 0.507. The molecule has 2 fully saturated rings. The molecule has 1 amide bonds. The predicted molar refractivity (Wildman–Crippen MR) is 91.1 cm³/mol. The summed E-state index contributed by atoms with van der Waals surface area (Å²) in [5.74, 6) is 1.97. The van der Waals surface area contributed by atoms with E-state index in [0.29, 0.717) is 30.7 Å². The molecule has 2 aliphatic rings. The first-order chi connectivity index (χ1) is 11.5. The molecular weight excluding hydrogens is 305 g/mol. The zero-order valence-electron chi connectivity index (χ0n) is 14.3. The first kappa shape index (κ1) is 17.1. The van der Waals surface area contributed by atoms with E-state index in [2.05, 4.69) is 12.2 Å². The van der Waals surface area contributed by atoms with Crippen LogP contribution in [0.15, 0.2) is 24.3 Å². The SMILES string of the molecule is CC(NC(=O)CCCC(=O)c1ccc(F)cc1)C1CC2CCC1C2. The molecule has 1 aromatic rings. The average molecular weight is 331 g/mol. The van der Waals surface area contributed by atoms with Crippen LogP contribution < -0.4 is 5.32 Å². The van der Waals surface area contributed by atoms with E-state index in [1.165, 1.54) is 49.9 Å². The topological polar surface area (TPSA) is 46.2 Å². The Bertz CT molecular complexity index is 598. The molecule has 3 nitrogen and oxygen atoms in total. The Labute approximate surface area is 143 Å². The quantitative estimate of drug-likeness (QED) is 0.764. The molecule has 2 saturated carbocycles. The van der Waals surface area contributed by atoms with Gasteiger partial charge in [0, 0.05) is 24.4 Å². The van der Waals surface area contributed by atoms with Crippen molar-refractivity contribution in [2.75, 3.05) is 0 Å². The van der Waals surface area contributed by atoms with Gasteiger partial charge in [-0.05, 0) is 74.6 Å². The lowest BCUT2D eigenvalue weighted by atomic mass is 9.84. The predicted octanol–water partition coefficient (Wildman–Crippen LogP) is 4.12. The molecule has 4 unspecified atom stereocenters. The number of Topliss-reactive ketones (excluding diaryl/α,β-unsaturated/α-hetero) is 1. The maximum Gasteiger partial charge on any atom is 0.220 e. The summed E-state index contributed by atoms with van der Waals surface area (Å²) in [5, 5.41) is 3.13. The highest BCUT2D eigenvalue weighted by Crippen LogP contribution is 2.49. The summed E-state index contributed by atoms with van der Waals surface area (Å²) in [7, 11) is 0. The number of carbonyl (C=O) groups is 2. The van der Waals surface area contributed by atoms with Crippen LogP contribution in [0.3, 0.4) is 0 Å². The molecule has 0 aliphatic heterocycles. The molecule has 1 aromatic carbocycles. The molecule has 0 spiro atoms. The van der Waals surface area contributed by atoms with Crippen molar-refractivity contribution < 1.29 is 14.0 Å². The second kappa shape index (κ2) is 7.45. The van der Waals surface area contributed by atoms with Crippen LogP contribution in [-0.4, -0.2) is 17.7 Å². The van der Waals surface area contributed by atoms with Gasteiger partial charge in [0.15, 0.2) is 5.78 Å². The minimum atomic E-state index is -0.347. The van der Waals surface area contributed by atoms with Gasteiger partial charge < -0.3 is 5.32 Å². The number of amides is 1. The second-order valence-corrected chi connectivity index (χ2v) is 7.48. The largest absolute Gasteiger partial charge is 0.353 e. The van der Waals surface area contributed by atoms with Crippen molar-refractivity contribution in [3.63, 3.8) is 0 Å². The van der Waals surface area contributed by atoms with Gasteiger partial charge >= 0.3 is 0 Å². The Hall–Kier alpha value is -1.71. The van der Waals surface area contributed by atoms with Crippen molar-refractivity contribution >= 4 is 11.7 Å². The fourth-order valence-electron chi connectivity index (χ4n) is 4.53. The third-order valence-corrected chi connectivity index (χ3v) is 5.80. The Morgan fingerprint density at radius 1 is 1.17 bits per heavy atom. The van der Waals surface area contributed by atoms with Gasteiger partial charge in [0.1, 0.15) is 5.82 Å². The van der Waals surface area contributed by atoms with E-state index in [1.54, 1.807) is 0 Å². The van der Waals surface area contributed by atoms with Crippen LogP contribution in [0, 0.1) is 23.6 Å². The van der Waals surface area contributed by atoms with Gasteiger partial charge in [-0.2, -0.15) is 0 Å². The minimum Gasteiger partial charge on any atom is -0.353 e. The van der Waals surface area contributed by atoms with Crippen LogP contribution in [0.4, 0.5) is 4.39 Å². The number of carbonyl (C=O) groups excluding carboxylic acids is 2. The van der Waals surface area contributed by atoms with Crippen LogP contribution in [-0.2, 0) is 4.79 Å². The van der Waals surface area contributed by atoms with Crippen LogP contribution in [0.25, 0.3) is 0 Å². The number of hydrogen-bond acceptors (Lipinski definition) is 2. The molecule has 2 aliphatic carbocycles. The first-order valence-electron chi connectivity index (χ1n) is 9.11. The summed E-state index contributed by atoms with van der Waals surface area (Å²) >= 11 is 0. The maximum atomic E-state index is 12.8. The summed E-state index contributed by atoms with van der Waals surface area (Å²) < 4.78 is 12.8. The summed E-state index contributed by atoms with van der Waals surface area (Å²) in [6, 6.07) is 5.80. The van der Waals surface area contributed by atoms with Gasteiger partial charge in [0.25, 0.3) is 0 Å². The van der Waals surface area contributed by atoms with E-state index in [-0.39, 0.29) is 23.5 Å². The van der Waals surface area contributed by atoms with Crippen LogP contribution in [0.2, 0.25) is 0 Å². The van der Waals surface area contributed by atoms with Crippen molar-refractivity contribution in [2.24, 2.45) is 17.8 Å². The molecule has 2 bridgehead atoms. The molecule has 3 rings (SSSR count). The van der Waals surface area contributed by atoms with Gasteiger partial charge in [0.05, 0.1) is 0 Å². The highest BCUT2D eigenvalue weighted by Gasteiger charge is 2.42.